The van der Waals surface area contributed by atoms with Gasteiger partial charge >= 0.3 is 0 Å². The lowest BCUT2D eigenvalue weighted by Gasteiger charge is -2.31. The minimum absolute atomic E-state index is 0.389. The van der Waals surface area contributed by atoms with Crippen molar-refractivity contribution in [3.63, 3.8) is 0 Å². The molecule has 4 nitrogen and oxygen atoms in total. The molecular formula is C13H13ClN4S. The summed E-state index contributed by atoms with van der Waals surface area (Å²) in [5.74, 6) is 1.04. The molecule has 0 spiro atoms. The van der Waals surface area contributed by atoms with Crippen molar-refractivity contribution in [3.05, 3.63) is 47.0 Å². The molecule has 0 fully saturated rings. The monoisotopic (exact) mass is 292 g/mol. The fraction of sp³-hybridized carbons (Fsp3) is 0.231. The first-order chi connectivity index (χ1) is 9.15. The predicted octanol–water partition coefficient (Wildman–Crippen LogP) is 2.19. The van der Waals surface area contributed by atoms with Gasteiger partial charge in [0.05, 0.1) is 6.54 Å². The number of imidazole rings is 1. The van der Waals surface area contributed by atoms with Gasteiger partial charge in [0.15, 0.2) is 0 Å². The number of nitrogens with two attached hydrogens (primary N) is 1. The zero-order chi connectivity index (χ0) is 13.4. The van der Waals surface area contributed by atoms with Gasteiger partial charge in [0.2, 0.25) is 0 Å². The lowest BCUT2D eigenvalue weighted by atomic mass is 10.1. The number of anilines is 1. The van der Waals surface area contributed by atoms with Crippen LogP contribution in [0.1, 0.15) is 11.4 Å². The molecule has 0 bridgehead atoms. The Morgan fingerprint density at radius 1 is 1.37 bits per heavy atom. The van der Waals surface area contributed by atoms with Gasteiger partial charge in [-0.2, -0.15) is 0 Å². The van der Waals surface area contributed by atoms with Gasteiger partial charge in [0.1, 0.15) is 10.8 Å². The van der Waals surface area contributed by atoms with E-state index in [4.69, 9.17) is 29.6 Å². The van der Waals surface area contributed by atoms with Crippen LogP contribution >= 0.6 is 23.8 Å². The van der Waals surface area contributed by atoms with E-state index in [2.05, 4.69) is 14.5 Å². The van der Waals surface area contributed by atoms with Crippen LogP contribution in [0.4, 0.5) is 5.69 Å². The Hall–Kier alpha value is -1.59. The van der Waals surface area contributed by atoms with Crippen LogP contribution in [-0.2, 0) is 13.1 Å². The van der Waals surface area contributed by atoms with Crippen molar-refractivity contribution in [1.82, 2.24) is 9.55 Å². The van der Waals surface area contributed by atoms with Crippen LogP contribution in [0, 0.1) is 0 Å². The Morgan fingerprint density at radius 2 is 2.21 bits per heavy atom. The van der Waals surface area contributed by atoms with Crippen molar-refractivity contribution in [2.45, 2.75) is 13.1 Å². The summed E-state index contributed by atoms with van der Waals surface area (Å²) in [6, 6.07) is 5.60. The number of fused-ring (bicyclic) bond motifs is 1. The smallest absolute Gasteiger partial charge is 0.128 e. The maximum absolute atomic E-state index is 6.09. The molecule has 1 aromatic carbocycles. The molecule has 0 radical (unpaired) electrons. The molecular weight excluding hydrogens is 280 g/mol. The maximum Gasteiger partial charge on any atom is 0.128 e. The summed E-state index contributed by atoms with van der Waals surface area (Å²) in [6.07, 6.45) is 3.82. The average molecular weight is 293 g/mol. The van der Waals surface area contributed by atoms with Crippen LogP contribution in [0.2, 0.25) is 5.02 Å². The van der Waals surface area contributed by atoms with E-state index in [0.717, 1.165) is 36.7 Å². The van der Waals surface area contributed by atoms with Crippen LogP contribution in [0.15, 0.2) is 30.6 Å². The third-order valence-electron chi connectivity index (χ3n) is 3.31. The predicted molar refractivity (Wildman–Crippen MR) is 80.6 cm³/mol. The summed E-state index contributed by atoms with van der Waals surface area (Å²) < 4.78 is 2.15. The second kappa shape index (κ2) is 4.83. The summed E-state index contributed by atoms with van der Waals surface area (Å²) in [4.78, 5) is 6.95. The van der Waals surface area contributed by atoms with E-state index in [0.29, 0.717) is 10.0 Å². The van der Waals surface area contributed by atoms with E-state index >= 15 is 0 Å². The summed E-state index contributed by atoms with van der Waals surface area (Å²) in [5.41, 5.74) is 7.63. The van der Waals surface area contributed by atoms with Gasteiger partial charge < -0.3 is 15.2 Å². The fourth-order valence-corrected chi connectivity index (χ4v) is 2.69. The first-order valence-corrected chi connectivity index (χ1v) is 6.78. The lowest BCUT2D eigenvalue weighted by Crippen LogP contribution is -2.35. The standard InChI is InChI=1S/C13H13ClN4S/c14-9-1-2-10(13(15)19)11(7-9)18-6-5-17-4-3-16-12(17)8-18/h1-4,7H,5-6,8H2,(H2,15,19). The van der Waals surface area contributed by atoms with E-state index in [1.165, 1.54) is 0 Å². The molecule has 2 aromatic rings. The highest BCUT2D eigenvalue weighted by Crippen LogP contribution is 2.27. The number of hydrogen-bond acceptors (Lipinski definition) is 3. The highest BCUT2D eigenvalue weighted by atomic mass is 35.5. The molecule has 2 heterocycles. The molecule has 0 aliphatic carbocycles. The van der Waals surface area contributed by atoms with E-state index in [-0.39, 0.29) is 0 Å². The molecule has 0 atom stereocenters. The lowest BCUT2D eigenvalue weighted by molar-refractivity contribution is 0.560. The fourth-order valence-electron chi connectivity index (χ4n) is 2.35. The second-order valence-electron chi connectivity index (χ2n) is 4.48. The molecule has 19 heavy (non-hydrogen) atoms. The third kappa shape index (κ3) is 2.31. The minimum atomic E-state index is 0.389. The van der Waals surface area contributed by atoms with Crippen molar-refractivity contribution in [3.8, 4) is 0 Å². The van der Waals surface area contributed by atoms with Gasteiger partial charge in [-0.1, -0.05) is 23.8 Å². The molecule has 0 saturated heterocycles. The van der Waals surface area contributed by atoms with Gasteiger partial charge in [-0.3, -0.25) is 0 Å². The Bertz CT molecular complexity index is 637. The van der Waals surface area contributed by atoms with Crippen LogP contribution in [0.25, 0.3) is 0 Å². The van der Waals surface area contributed by atoms with Crippen LogP contribution in [-0.4, -0.2) is 21.1 Å². The number of hydrogen-bond donors (Lipinski definition) is 1. The number of nitrogens with zero attached hydrogens (tertiary/aromatic N) is 3. The van der Waals surface area contributed by atoms with Crippen LogP contribution < -0.4 is 10.6 Å². The molecule has 2 N–H and O–H groups in total. The summed E-state index contributed by atoms with van der Waals surface area (Å²) in [6.45, 7) is 2.53. The van der Waals surface area contributed by atoms with E-state index in [1.807, 2.05) is 30.6 Å². The van der Waals surface area contributed by atoms with Crippen LogP contribution in [0.3, 0.4) is 0 Å². The van der Waals surface area contributed by atoms with Gasteiger partial charge in [-0.15, -0.1) is 0 Å². The Labute approximate surface area is 121 Å². The Kier molecular flexibility index (Phi) is 3.16. The first-order valence-electron chi connectivity index (χ1n) is 5.99. The van der Waals surface area contributed by atoms with Crippen molar-refractivity contribution in [1.29, 1.82) is 0 Å². The second-order valence-corrected chi connectivity index (χ2v) is 5.36. The first kappa shape index (κ1) is 12.4. The molecule has 1 aromatic heterocycles. The van der Waals surface area contributed by atoms with Crippen molar-refractivity contribution in [2.24, 2.45) is 5.73 Å². The van der Waals surface area contributed by atoms with Crippen LogP contribution in [0.5, 0.6) is 0 Å². The van der Waals surface area contributed by atoms with Gasteiger partial charge in [0, 0.05) is 41.8 Å². The van der Waals surface area contributed by atoms with E-state index < -0.39 is 0 Å². The molecule has 0 saturated carbocycles. The molecule has 1 aliphatic rings. The SMILES string of the molecule is NC(=S)c1ccc(Cl)cc1N1CCn2ccnc2C1. The molecule has 0 unspecified atom stereocenters. The van der Waals surface area contributed by atoms with E-state index in [9.17, 15) is 0 Å². The molecule has 0 amide bonds. The summed E-state index contributed by atoms with van der Waals surface area (Å²) >= 11 is 11.2. The molecule has 1 aliphatic heterocycles. The minimum Gasteiger partial charge on any atom is -0.389 e. The molecule has 3 rings (SSSR count). The average Bonchev–Trinajstić information content (AvgIpc) is 2.85. The highest BCUT2D eigenvalue weighted by Gasteiger charge is 2.20. The van der Waals surface area contributed by atoms with Crippen molar-refractivity contribution in [2.75, 3.05) is 11.4 Å². The summed E-state index contributed by atoms with van der Waals surface area (Å²) in [7, 11) is 0. The van der Waals surface area contributed by atoms with Gasteiger partial charge in [-0.25, -0.2) is 4.98 Å². The number of benzene rings is 1. The molecule has 98 valence electrons. The zero-order valence-corrected chi connectivity index (χ0v) is 11.8. The van der Waals surface area contributed by atoms with Crippen molar-refractivity contribution < 1.29 is 0 Å². The number of thiocarbonyl (C=S) groups is 1. The topological polar surface area (TPSA) is 47.1 Å². The highest BCUT2D eigenvalue weighted by molar-refractivity contribution is 7.80. The Balaban J connectivity index is 1.99. The molecule has 6 heteroatoms. The van der Waals surface area contributed by atoms with Crippen molar-refractivity contribution >= 4 is 34.5 Å². The Morgan fingerprint density at radius 3 is 3.00 bits per heavy atom. The number of aromatic nitrogens is 2. The normalized spacial score (nSPS) is 14.3. The van der Waals surface area contributed by atoms with E-state index in [1.54, 1.807) is 0 Å². The number of rotatable bonds is 2. The quantitative estimate of drug-likeness (QED) is 0.862. The summed E-state index contributed by atoms with van der Waals surface area (Å²) in [5, 5.41) is 0.684. The van der Waals surface area contributed by atoms with Gasteiger partial charge in [0.25, 0.3) is 0 Å². The largest absolute Gasteiger partial charge is 0.389 e. The van der Waals surface area contributed by atoms with Gasteiger partial charge in [-0.05, 0) is 18.2 Å². The zero-order valence-electron chi connectivity index (χ0n) is 10.2. The number of halogens is 1. The third-order valence-corrected chi connectivity index (χ3v) is 3.77. The maximum atomic E-state index is 6.09.